The Balaban J connectivity index is 0.000000925. The van der Waals surface area contributed by atoms with Crippen molar-refractivity contribution in [2.24, 2.45) is 0 Å². The maximum atomic E-state index is 14.6. The van der Waals surface area contributed by atoms with Gasteiger partial charge in [-0.25, -0.2) is 18.6 Å². The van der Waals surface area contributed by atoms with Crippen molar-refractivity contribution in [3.63, 3.8) is 0 Å². The molecule has 1 aliphatic heterocycles. The summed E-state index contributed by atoms with van der Waals surface area (Å²) in [5, 5.41) is 17.2. The molecule has 1 aliphatic rings. The molecule has 3 heterocycles. The number of carboxylic acids is 2. The molecule has 1 amide bonds. The van der Waals surface area contributed by atoms with Crippen molar-refractivity contribution in [3.8, 4) is 11.1 Å². The third-order valence-corrected chi connectivity index (χ3v) is 10.6. The van der Waals surface area contributed by atoms with Gasteiger partial charge in [-0.15, -0.1) is 0 Å². The highest BCUT2D eigenvalue weighted by Crippen LogP contribution is 2.32. The molecule has 1 fully saturated rings. The summed E-state index contributed by atoms with van der Waals surface area (Å²) in [5.41, 5.74) is 0.688. The van der Waals surface area contributed by atoms with Gasteiger partial charge >= 0.3 is 24.3 Å². The second-order valence-corrected chi connectivity index (χ2v) is 14.9. The Morgan fingerprint density at radius 2 is 1.39 bits per heavy atom. The van der Waals surface area contributed by atoms with Crippen molar-refractivity contribution in [1.29, 1.82) is 0 Å². The number of aliphatic carboxylic acids is 2. The second-order valence-electron chi connectivity index (χ2n) is 14.9. The van der Waals surface area contributed by atoms with Crippen molar-refractivity contribution in [1.82, 2.24) is 19.4 Å². The summed E-state index contributed by atoms with van der Waals surface area (Å²) in [5.74, 6) is -5.97. The maximum absolute atomic E-state index is 14.6. The van der Waals surface area contributed by atoms with E-state index in [4.69, 9.17) is 9.90 Å². The number of aryl methyl sites for hydroxylation is 2. The van der Waals surface area contributed by atoms with Gasteiger partial charge in [-0.1, -0.05) is 48.5 Å². The van der Waals surface area contributed by atoms with E-state index < -0.39 is 47.0 Å². The number of carbonyl (C=O) groups is 3. The van der Waals surface area contributed by atoms with Gasteiger partial charge in [-0.3, -0.25) is 19.3 Å². The van der Waals surface area contributed by atoms with Crippen LogP contribution >= 0.6 is 0 Å². The van der Waals surface area contributed by atoms with Crippen LogP contribution in [0.5, 0.6) is 0 Å². The average molecular weight is 861 g/mol. The highest BCUT2D eigenvalue weighted by Gasteiger charge is 2.39. The molecule has 3 aromatic carbocycles. The van der Waals surface area contributed by atoms with E-state index in [0.717, 1.165) is 23.8 Å². The van der Waals surface area contributed by atoms with Crippen molar-refractivity contribution >= 4 is 28.9 Å². The van der Waals surface area contributed by atoms with Crippen molar-refractivity contribution in [2.75, 3.05) is 13.1 Å². The van der Waals surface area contributed by atoms with E-state index in [1.54, 1.807) is 47.6 Å². The number of likely N-dealkylation sites (tertiary alicyclic amines) is 1. The van der Waals surface area contributed by atoms with Gasteiger partial charge in [0, 0.05) is 43.6 Å². The Bertz CT molecular complexity index is 2430. The molecule has 0 bridgehead atoms. The van der Waals surface area contributed by atoms with Gasteiger partial charge < -0.3 is 19.7 Å². The first-order chi connectivity index (χ1) is 28.6. The number of alkyl halides is 6. The van der Waals surface area contributed by atoms with Gasteiger partial charge in [-0.2, -0.15) is 26.3 Å². The molecule has 5 aromatic rings. The van der Waals surface area contributed by atoms with E-state index in [1.165, 1.54) is 36.5 Å². The first-order valence-corrected chi connectivity index (χ1v) is 18.8. The van der Waals surface area contributed by atoms with Crippen LogP contribution in [0.15, 0.2) is 95.9 Å². The van der Waals surface area contributed by atoms with E-state index in [-0.39, 0.29) is 54.5 Å². The fourth-order valence-electron chi connectivity index (χ4n) is 7.01. The second kappa shape index (κ2) is 18.6. The number of pyridine rings is 2. The van der Waals surface area contributed by atoms with E-state index in [2.05, 4.69) is 4.98 Å². The summed E-state index contributed by atoms with van der Waals surface area (Å²) in [6, 6.07) is 20.3. The fourth-order valence-corrected chi connectivity index (χ4v) is 7.01. The zero-order chi connectivity index (χ0) is 44.9. The summed E-state index contributed by atoms with van der Waals surface area (Å²) in [6.07, 6.45) is -6.88. The van der Waals surface area contributed by atoms with E-state index >= 15 is 0 Å². The number of carboxylic acid groups (broad SMARTS) is 2. The summed E-state index contributed by atoms with van der Waals surface area (Å²) >= 11 is 0. The molecule has 1 saturated heterocycles. The normalized spacial score (nSPS) is 14.0. The van der Waals surface area contributed by atoms with Crippen LogP contribution in [0.25, 0.3) is 22.2 Å². The van der Waals surface area contributed by atoms with Gasteiger partial charge in [-0.05, 0) is 92.1 Å². The number of carbonyl (C=O) groups excluding carboxylic acids is 1. The van der Waals surface area contributed by atoms with Crippen LogP contribution in [-0.2, 0) is 46.5 Å². The number of fused-ring (bicyclic) bond motifs is 1. The molecule has 10 nitrogen and oxygen atoms in total. The zero-order valence-electron chi connectivity index (χ0n) is 32.7. The minimum absolute atomic E-state index is 0.0579. The Morgan fingerprint density at radius 3 is 1.95 bits per heavy atom. The standard InChI is InChI=1S/C41H39F5N4O4.C2HF3O2/c1-40(2,39(53)54)48-21-18-31(19-22-48)49(24-26-8-10-27(11-9-26)28-12-15-30(16-13-28)41(44,45)46)36(52)25-50-32(17-14-29-5-3-7-34(42)37(29)43)23-35(51)33-6-4-20-47-38(33)50;3-2(4,5)1(6)7/h3-13,15-16,20,23,31H,14,17-19,21-22,24-25H2,1-2H3,(H,53,54);(H,6,7). The minimum atomic E-state index is -5.08. The number of hydrogen-bond donors (Lipinski definition) is 2. The van der Waals surface area contributed by atoms with Gasteiger partial charge in [0.1, 0.15) is 17.7 Å². The van der Waals surface area contributed by atoms with Gasteiger partial charge in [0.25, 0.3) is 0 Å². The van der Waals surface area contributed by atoms with Crippen LogP contribution in [0, 0.1) is 11.6 Å². The summed E-state index contributed by atoms with van der Waals surface area (Å²) in [4.78, 5) is 56.7. The summed E-state index contributed by atoms with van der Waals surface area (Å²) in [6.45, 7) is 4.08. The Hall–Kier alpha value is -6.17. The van der Waals surface area contributed by atoms with Crippen molar-refractivity contribution < 1.29 is 59.7 Å². The molecule has 2 aromatic heterocycles. The van der Waals surface area contributed by atoms with Crippen LogP contribution in [0.4, 0.5) is 35.1 Å². The highest BCUT2D eigenvalue weighted by molar-refractivity contribution is 5.81. The summed E-state index contributed by atoms with van der Waals surface area (Å²) in [7, 11) is 0. The zero-order valence-corrected chi connectivity index (χ0v) is 32.7. The molecule has 324 valence electrons. The summed E-state index contributed by atoms with van der Waals surface area (Å²) < 4.78 is 101. The molecule has 0 atom stereocenters. The molecular formula is C43H40F8N4O6. The molecule has 6 rings (SSSR count). The number of aromatic nitrogens is 2. The quantitative estimate of drug-likeness (QED) is 0.127. The molecule has 0 aliphatic carbocycles. The number of benzene rings is 3. The Labute approximate surface area is 343 Å². The Kier molecular flexibility index (Phi) is 14.0. The van der Waals surface area contributed by atoms with Crippen molar-refractivity contribution in [3.05, 3.63) is 135 Å². The number of halogens is 8. The maximum Gasteiger partial charge on any atom is 0.490 e. The molecule has 18 heteroatoms. The highest BCUT2D eigenvalue weighted by atomic mass is 19.4. The van der Waals surface area contributed by atoms with Crippen LogP contribution in [0.3, 0.4) is 0 Å². The largest absolute Gasteiger partial charge is 0.490 e. The predicted octanol–water partition coefficient (Wildman–Crippen LogP) is 8.14. The predicted molar refractivity (Wildman–Crippen MR) is 207 cm³/mol. The van der Waals surface area contributed by atoms with Crippen molar-refractivity contribution in [2.45, 2.75) is 76.6 Å². The molecule has 61 heavy (non-hydrogen) atoms. The lowest BCUT2D eigenvalue weighted by atomic mass is 9.95. The molecule has 0 unspecified atom stereocenters. The fraction of sp³-hybridized carbons (Fsp3) is 0.326. The van der Waals surface area contributed by atoms with Crippen LogP contribution in [-0.4, -0.2) is 78.3 Å². The number of hydrogen-bond acceptors (Lipinski definition) is 6. The molecule has 0 saturated carbocycles. The molecule has 0 radical (unpaired) electrons. The molecular weight excluding hydrogens is 820 g/mol. The van der Waals surface area contributed by atoms with Crippen LogP contribution in [0.2, 0.25) is 0 Å². The lowest BCUT2D eigenvalue weighted by Gasteiger charge is -2.43. The van der Waals surface area contributed by atoms with Crippen LogP contribution in [0.1, 0.15) is 49.1 Å². The number of amides is 1. The minimum Gasteiger partial charge on any atom is -0.480 e. The number of piperidine rings is 1. The molecule has 0 spiro atoms. The lowest BCUT2D eigenvalue weighted by Crippen LogP contribution is -2.56. The number of nitrogens with zero attached hydrogens (tertiary/aromatic N) is 4. The Morgan fingerprint density at radius 1 is 0.803 bits per heavy atom. The van der Waals surface area contributed by atoms with Gasteiger partial charge in [0.15, 0.2) is 17.1 Å². The SMILES string of the molecule is CC(C)(C(=O)O)N1CCC(N(Cc2ccc(-c3ccc(C(F)(F)F)cc3)cc2)C(=O)Cn2c(CCc3cccc(F)c3F)cc(=O)c3cccnc32)CC1.O=C(O)C(F)(F)F. The molecule has 2 N–H and O–H groups in total. The monoisotopic (exact) mass is 860 g/mol. The van der Waals surface area contributed by atoms with E-state index in [0.29, 0.717) is 48.1 Å². The third-order valence-electron chi connectivity index (χ3n) is 10.6. The first-order valence-electron chi connectivity index (χ1n) is 18.8. The smallest absolute Gasteiger partial charge is 0.480 e. The third kappa shape index (κ3) is 11.2. The first kappa shape index (κ1) is 45.9. The van der Waals surface area contributed by atoms with Gasteiger partial charge in [0.05, 0.1) is 10.9 Å². The van der Waals surface area contributed by atoms with E-state index in [1.807, 2.05) is 17.0 Å². The topological polar surface area (TPSA) is 133 Å². The van der Waals surface area contributed by atoms with E-state index in [9.17, 15) is 54.6 Å². The van der Waals surface area contributed by atoms with Crippen LogP contribution < -0.4 is 5.43 Å². The number of rotatable bonds is 11. The average Bonchev–Trinajstić information content (AvgIpc) is 3.21. The lowest BCUT2D eigenvalue weighted by molar-refractivity contribution is -0.192. The van der Waals surface area contributed by atoms with Gasteiger partial charge in [0.2, 0.25) is 5.91 Å².